The van der Waals surface area contributed by atoms with Crippen molar-refractivity contribution < 1.29 is 18.7 Å². The van der Waals surface area contributed by atoms with Crippen molar-refractivity contribution in [1.82, 2.24) is 10.2 Å². The van der Waals surface area contributed by atoms with Crippen LogP contribution in [0.15, 0.2) is 42.5 Å². The van der Waals surface area contributed by atoms with Crippen LogP contribution in [0.3, 0.4) is 0 Å². The highest BCUT2D eigenvalue weighted by Crippen LogP contribution is 2.19. The van der Waals surface area contributed by atoms with Gasteiger partial charge >= 0.3 is 0 Å². The lowest BCUT2D eigenvalue weighted by Gasteiger charge is -2.27. The van der Waals surface area contributed by atoms with Crippen molar-refractivity contribution in [3.8, 4) is 5.75 Å². The number of rotatable bonds is 7. The molecule has 5 nitrogen and oxygen atoms in total. The van der Waals surface area contributed by atoms with E-state index in [1.54, 1.807) is 31.3 Å². The lowest BCUT2D eigenvalue weighted by Crippen LogP contribution is -2.50. The van der Waals surface area contributed by atoms with E-state index in [-0.39, 0.29) is 30.0 Å². The molecular weight excluding hydrogens is 359 g/mol. The number of methoxy groups -OCH3 is 1. The molecule has 2 aromatic carbocycles. The van der Waals surface area contributed by atoms with Crippen LogP contribution in [0.2, 0.25) is 0 Å². The van der Waals surface area contributed by atoms with Gasteiger partial charge in [-0.2, -0.15) is 0 Å². The predicted molar refractivity (Wildman–Crippen MR) is 107 cm³/mol. The molecule has 6 heteroatoms. The van der Waals surface area contributed by atoms with Gasteiger partial charge in [0.2, 0.25) is 5.91 Å². The Morgan fingerprint density at radius 1 is 1.18 bits per heavy atom. The Labute approximate surface area is 165 Å². The predicted octanol–water partition coefficient (Wildman–Crippen LogP) is 3.56. The zero-order valence-electron chi connectivity index (χ0n) is 17.0. The first-order chi connectivity index (χ1) is 13.2. The number of amides is 2. The van der Waals surface area contributed by atoms with Crippen LogP contribution in [0.1, 0.15) is 35.3 Å². The van der Waals surface area contributed by atoms with E-state index in [9.17, 15) is 14.0 Å². The van der Waals surface area contributed by atoms with Crippen LogP contribution in [0.5, 0.6) is 5.75 Å². The molecule has 2 amide bonds. The minimum atomic E-state index is -0.680. The van der Waals surface area contributed by atoms with E-state index in [1.807, 2.05) is 26.8 Å². The molecule has 2 rings (SSSR count). The second-order valence-corrected chi connectivity index (χ2v) is 7.23. The molecule has 0 saturated heterocycles. The normalized spacial score (nSPS) is 11.8. The molecule has 0 aromatic heterocycles. The lowest BCUT2D eigenvalue weighted by atomic mass is 10.0. The van der Waals surface area contributed by atoms with Gasteiger partial charge in [-0.05, 0) is 42.7 Å². The lowest BCUT2D eigenvalue weighted by molar-refractivity contribution is -0.133. The fourth-order valence-corrected chi connectivity index (χ4v) is 2.92. The van der Waals surface area contributed by atoms with E-state index in [1.165, 1.54) is 24.1 Å². The number of carbonyl (C=O) groups is 2. The van der Waals surface area contributed by atoms with E-state index < -0.39 is 11.9 Å². The zero-order valence-corrected chi connectivity index (χ0v) is 17.0. The first-order valence-electron chi connectivity index (χ1n) is 9.17. The van der Waals surface area contributed by atoms with Gasteiger partial charge in [0.05, 0.1) is 7.11 Å². The number of carbonyl (C=O) groups excluding carboxylic acids is 2. The van der Waals surface area contributed by atoms with Gasteiger partial charge in [-0.25, -0.2) is 4.39 Å². The Kier molecular flexibility index (Phi) is 7.15. The summed E-state index contributed by atoms with van der Waals surface area (Å²) >= 11 is 0. The quantitative estimate of drug-likeness (QED) is 0.792. The number of hydrogen-bond donors (Lipinski definition) is 1. The number of nitrogens with one attached hydrogen (secondary N) is 1. The van der Waals surface area contributed by atoms with Crippen LogP contribution in [-0.4, -0.2) is 36.9 Å². The average molecular weight is 386 g/mol. The minimum Gasteiger partial charge on any atom is -0.494 e. The molecule has 0 saturated carbocycles. The molecule has 0 radical (unpaired) electrons. The number of likely N-dealkylation sites (N-methyl/N-ethyl adjacent to an activating group) is 1. The summed E-state index contributed by atoms with van der Waals surface area (Å²) in [5.41, 5.74) is 2.12. The molecule has 1 N–H and O–H groups in total. The molecule has 0 aliphatic heterocycles. The number of hydrogen-bond acceptors (Lipinski definition) is 3. The van der Waals surface area contributed by atoms with Crippen LogP contribution in [0.4, 0.5) is 4.39 Å². The molecule has 0 aliphatic rings. The molecule has 0 spiro atoms. The maximum Gasteiger partial charge on any atom is 0.251 e. The third-order valence-electron chi connectivity index (χ3n) is 4.51. The summed E-state index contributed by atoms with van der Waals surface area (Å²) in [4.78, 5) is 27.0. The molecule has 0 heterocycles. The summed E-state index contributed by atoms with van der Waals surface area (Å²) in [6.45, 7) is 5.88. The van der Waals surface area contributed by atoms with Crippen molar-refractivity contribution in [2.45, 2.75) is 33.4 Å². The summed E-state index contributed by atoms with van der Waals surface area (Å²) in [6, 6.07) is 11.1. The summed E-state index contributed by atoms with van der Waals surface area (Å²) in [5.74, 6) is -0.944. The topological polar surface area (TPSA) is 58.6 Å². The summed E-state index contributed by atoms with van der Waals surface area (Å²) in [5, 5.41) is 2.83. The monoisotopic (exact) mass is 386 g/mol. The van der Waals surface area contributed by atoms with Crippen LogP contribution in [0, 0.1) is 18.7 Å². The minimum absolute atomic E-state index is 0.101. The Morgan fingerprint density at radius 2 is 1.89 bits per heavy atom. The smallest absolute Gasteiger partial charge is 0.251 e. The highest BCUT2D eigenvalue weighted by Gasteiger charge is 2.27. The highest BCUT2D eigenvalue weighted by atomic mass is 19.1. The molecule has 0 aliphatic carbocycles. The van der Waals surface area contributed by atoms with Crippen LogP contribution < -0.4 is 10.1 Å². The van der Waals surface area contributed by atoms with Crippen molar-refractivity contribution >= 4 is 11.8 Å². The second-order valence-electron chi connectivity index (χ2n) is 7.23. The third kappa shape index (κ3) is 5.31. The van der Waals surface area contributed by atoms with E-state index in [0.29, 0.717) is 11.1 Å². The summed E-state index contributed by atoms with van der Waals surface area (Å²) in [6.07, 6.45) is 0. The number of nitrogens with zero attached hydrogens (tertiary/aromatic N) is 1. The van der Waals surface area contributed by atoms with Gasteiger partial charge in [0.1, 0.15) is 6.04 Å². The third-order valence-corrected chi connectivity index (χ3v) is 4.51. The van der Waals surface area contributed by atoms with Gasteiger partial charge in [0, 0.05) is 19.2 Å². The Morgan fingerprint density at radius 3 is 2.46 bits per heavy atom. The zero-order chi connectivity index (χ0) is 20.8. The standard InChI is InChI=1S/C22H27FN2O3/c1-14(2)20(24-21(26)17-8-6-7-15(3)11-17)22(27)25(4)13-16-9-10-19(28-5)18(23)12-16/h6-12,14,20H,13H2,1-5H3,(H,24,26). The fourth-order valence-electron chi connectivity index (χ4n) is 2.92. The van der Waals surface area contributed by atoms with Crippen LogP contribution in [-0.2, 0) is 11.3 Å². The summed E-state index contributed by atoms with van der Waals surface area (Å²) in [7, 11) is 3.04. The van der Waals surface area contributed by atoms with Crippen molar-refractivity contribution in [2.75, 3.05) is 14.2 Å². The van der Waals surface area contributed by atoms with Crippen molar-refractivity contribution in [3.05, 3.63) is 65.0 Å². The van der Waals surface area contributed by atoms with Gasteiger partial charge in [-0.15, -0.1) is 0 Å². The molecular formula is C22H27FN2O3. The van der Waals surface area contributed by atoms with E-state index in [2.05, 4.69) is 5.32 Å². The van der Waals surface area contributed by atoms with E-state index >= 15 is 0 Å². The van der Waals surface area contributed by atoms with E-state index in [4.69, 9.17) is 4.74 Å². The molecule has 28 heavy (non-hydrogen) atoms. The van der Waals surface area contributed by atoms with Gasteiger partial charge in [-0.1, -0.05) is 37.6 Å². The molecule has 0 fully saturated rings. The first kappa shape index (κ1) is 21.4. The molecule has 0 bridgehead atoms. The number of aryl methyl sites for hydroxylation is 1. The molecule has 1 atom stereocenters. The van der Waals surface area contributed by atoms with E-state index in [0.717, 1.165) is 5.56 Å². The van der Waals surface area contributed by atoms with Gasteiger partial charge in [0.25, 0.3) is 5.91 Å². The largest absolute Gasteiger partial charge is 0.494 e. The van der Waals surface area contributed by atoms with Crippen LogP contribution >= 0.6 is 0 Å². The Bertz CT molecular complexity index is 851. The average Bonchev–Trinajstić information content (AvgIpc) is 2.65. The molecule has 1 unspecified atom stereocenters. The maximum atomic E-state index is 13.9. The number of benzene rings is 2. The fraction of sp³-hybridized carbons (Fsp3) is 0.364. The summed E-state index contributed by atoms with van der Waals surface area (Å²) < 4.78 is 18.8. The number of ether oxygens (including phenoxy) is 1. The molecule has 2 aromatic rings. The van der Waals surface area contributed by atoms with Gasteiger partial charge in [0.15, 0.2) is 11.6 Å². The van der Waals surface area contributed by atoms with Gasteiger partial charge in [-0.3, -0.25) is 9.59 Å². The SMILES string of the molecule is COc1ccc(CN(C)C(=O)C(NC(=O)c2cccc(C)c2)C(C)C)cc1F. The van der Waals surface area contributed by atoms with Crippen molar-refractivity contribution in [3.63, 3.8) is 0 Å². The Balaban J connectivity index is 2.11. The Hall–Kier alpha value is -2.89. The number of halogens is 1. The second kappa shape index (κ2) is 9.35. The maximum absolute atomic E-state index is 13.9. The van der Waals surface area contributed by atoms with Crippen molar-refractivity contribution in [2.24, 2.45) is 5.92 Å². The van der Waals surface area contributed by atoms with Crippen LogP contribution in [0.25, 0.3) is 0 Å². The van der Waals surface area contributed by atoms with Crippen molar-refractivity contribution in [1.29, 1.82) is 0 Å². The van der Waals surface area contributed by atoms with Gasteiger partial charge < -0.3 is 15.0 Å². The molecule has 150 valence electrons. The highest BCUT2D eigenvalue weighted by molar-refractivity contribution is 5.97. The first-order valence-corrected chi connectivity index (χ1v) is 9.17.